The van der Waals surface area contributed by atoms with Gasteiger partial charge in [-0.1, -0.05) is 20.8 Å². The Morgan fingerprint density at radius 1 is 1.47 bits per heavy atom. The lowest BCUT2D eigenvalue weighted by molar-refractivity contribution is 0.0832. The third-order valence-electron chi connectivity index (χ3n) is 3.17. The van der Waals surface area contributed by atoms with Gasteiger partial charge in [-0.2, -0.15) is 0 Å². The van der Waals surface area contributed by atoms with E-state index in [0.29, 0.717) is 17.7 Å². The predicted octanol–water partition coefficient (Wildman–Crippen LogP) is 2.77. The minimum Gasteiger partial charge on any atom is -0.370 e. The van der Waals surface area contributed by atoms with E-state index in [-0.39, 0.29) is 6.10 Å². The second-order valence-electron chi connectivity index (χ2n) is 5.17. The van der Waals surface area contributed by atoms with Crippen LogP contribution in [0.4, 0.5) is 0 Å². The topological polar surface area (TPSA) is 39.9 Å². The Bertz CT molecular complexity index is 378. The van der Waals surface area contributed by atoms with Crippen LogP contribution >= 0.6 is 11.6 Å². The van der Waals surface area contributed by atoms with E-state index in [4.69, 9.17) is 16.3 Å². The van der Waals surface area contributed by atoms with Gasteiger partial charge in [0.05, 0.1) is 5.88 Å². The molecule has 0 aromatic carbocycles. The Morgan fingerprint density at radius 2 is 2.24 bits per heavy atom. The van der Waals surface area contributed by atoms with Crippen LogP contribution in [0.2, 0.25) is 0 Å². The maximum Gasteiger partial charge on any atom is 0.162 e. The Kier molecular flexibility index (Phi) is 4.05. The molecule has 4 nitrogen and oxygen atoms in total. The first-order chi connectivity index (χ1) is 8.13. The van der Waals surface area contributed by atoms with E-state index in [9.17, 15) is 0 Å². The smallest absolute Gasteiger partial charge is 0.162 e. The highest BCUT2D eigenvalue weighted by Crippen LogP contribution is 2.33. The first-order valence-corrected chi connectivity index (χ1v) is 6.76. The second-order valence-corrected chi connectivity index (χ2v) is 5.44. The van der Waals surface area contributed by atoms with E-state index in [1.807, 2.05) is 0 Å². The molecular formula is C12H20ClN3O. The molecule has 1 aromatic rings. The van der Waals surface area contributed by atoms with Gasteiger partial charge in [0.15, 0.2) is 5.82 Å². The van der Waals surface area contributed by atoms with Crippen molar-refractivity contribution < 1.29 is 4.74 Å². The number of ether oxygens (including phenoxy) is 1. The van der Waals surface area contributed by atoms with E-state index in [0.717, 1.165) is 31.2 Å². The Morgan fingerprint density at radius 3 is 2.76 bits per heavy atom. The maximum absolute atomic E-state index is 5.91. The third kappa shape index (κ3) is 2.63. The average Bonchev–Trinajstić information content (AvgIpc) is 2.84. The summed E-state index contributed by atoms with van der Waals surface area (Å²) in [5, 5.41) is 8.44. The molecule has 1 aromatic heterocycles. The van der Waals surface area contributed by atoms with Crippen LogP contribution in [0, 0.1) is 11.8 Å². The second kappa shape index (κ2) is 5.36. The zero-order valence-corrected chi connectivity index (χ0v) is 11.4. The Balaban J connectivity index is 2.29. The highest BCUT2D eigenvalue weighted by atomic mass is 35.5. The van der Waals surface area contributed by atoms with Gasteiger partial charge in [0.2, 0.25) is 0 Å². The molecule has 2 unspecified atom stereocenters. The zero-order valence-electron chi connectivity index (χ0n) is 10.7. The van der Waals surface area contributed by atoms with Crippen molar-refractivity contribution in [3.05, 3.63) is 11.6 Å². The van der Waals surface area contributed by atoms with Crippen LogP contribution in [0.1, 0.15) is 44.9 Å². The SMILES string of the molecule is CC(C)Cn1c(CCl)nnc1C1OCCC1C. The molecular weight excluding hydrogens is 238 g/mol. The van der Waals surface area contributed by atoms with Crippen molar-refractivity contribution in [2.45, 2.75) is 45.7 Å². The summed E-state index contributed by atoms with van der Waals surface area (Å²) in [5.41, 5.74) is 0. The van der Waals surface area contributed by atoms with Gasteiger partial charge in [0, 0.05) is 13.2 Å². The lowest BCUT2D eigenvalue weighted by atomic mass is 10.0. The number of halogens is 1. The van der Waals surface area contributed by atoms with Crippen molar-refractivity contribution in [1.82, 2.24) is 14.8 Å². The van der Waals surface area contributed by atoms with Crippen LogP contribution < -0.4 is 0 Å². The number of hydrogen-bond donors (Lipinski definition) is 0. The van der Waals surface area contributed by atoms with Crippen molar-refractivity contribution in [1.29, 1.82) is 0 Å². The van der Waals surface area contributed by atoms with Gasteiger partial charge in [0.1, 0.15) is 11.9 Å². The zero-order chi connectivity index (χ0) is 12.4. The molecule has 1 aliphatic heterocycles. The van der Waals surface area contributed by atoms with Crippen LogP contribution in [0.3, 0.4) is 0 Å². The lowest BCUT2D eigenvalue weighted by Gasteiger charge is -2.17. The number of nitrogens with zero attached hydrogens (tertiary/aromatic N) is 3. The summed E-state index contributed by atoms with van der Waals surface area (Å²) < 4.78 is 7.89. The van der Waals surface area contributed by atoms with Crippen molar-refractivity contribution in [3.8, 4) is 0 Å². The van der Waals surface area contributed by atoms with Crippen LogP contribution in [-0.2, 0) is 17.2 Å². The van der Waals surface area contributed by atoms with Crippen molar-refractivity contribution in [2.24, 2.45) is 11.8 Å². The first kappa shape index (κ1) is 12.8. The minimum absolute atomic E-state index is 0.0817. The summed E-state index contributed by atoms with van der Waals surface area (Å²) in [4.78, 5) is 0. The monoisotopic (exact) mass is 257 g/mol. The molecule has 96 valence electrons. The standard InChI is InChI=1S/C12H20ClN3O/c1-8(2)7-16-10(6-13)14-15-12(16)11-9(3)4-5-17-11/h8-9,11H,4-7H2,1-3H3. The number of hydrogen-bond acceptors (Lipinski definition) is 3. The van der Waals surface area contributed by atoms with Gasteiger partial charge in [-0.25, -0.2) is 0 Å². The van der Waals surface area contributed by atoms with Crippen molar-refractivity contribution in [3.63, 3.8) is 0 Å². The Labute approximate surface area is 107 Å². The van der Waals surface area contributed by atoms with E-state index < -0.39 is 0 Å². The molecule has 0 amide bonds. The lowest BCUT2D eigenvalue weighted by Crippen LogP contribution is -2.16. The number of aromatic nitrogens is 3. The number of rotatable bonds is 4. The summed E-state index contributed by atoms with van der Waals surface area (Å²) in [6.45, 7) is 8.28. The Hall–Kier alpha value is -0.610. The van der Waals surface area contributed by atoms with E-state index in [2.05, 4.69) is 35.5 Å². The molecule has 17 heavy (non-hydrogen) atoms. The van der Waals surface area contributed by atoms with Crippen LogP contribution in [0.25, 0.3) is 0 Å². The molecule has 0 N–H and O–H groups in total. The van der Waals surface area contributed by atoms with Crippen molar-refractivity contribution >= 4 is 11.6 Å². The molecule has 1 aliphatic rings. The summed E-state index contributed by atoms with van der Waals surface area (Å²) in [5.74, 6) is 3.25. The van der Waals surface area contributed by atoms with Crippen LogP contribution in [-0.4, -0.2) is 21.4 Å². The van der Waals surface area contributed by atoms with Gasteiger partial charge >= 0.3 is 0 Å². The summed E-state index contributed by atoms with van der Waals surface area (Å²) in [6.07, 6.45) is 1.17. The fourth-order valence-electron chi connectivity index (χ4n) is 2.25. The average molecular weight is 258 g/mol. The molecule has 2 rings (SSSR count). The first-order valence-electron chi connectivity index (χ1n) is 6.23. The summed E-state index contributed by atoms with van der Waals surface area (Å²) in [7, 11) is 0. The fraction of sp³-hybridized carbons (Fsp3) is 0.833. The molecule has 1 fully saturated rings. The fourth-order valence-corrected chi connectivity index (χ4v) is 2.45. The molecule has 0 aliphatic carbocycles. The van der Waals surface area contributed by atoms with Gasteiger partial charge in [-0.3, -0.25) is 0 Å². The van der Waals surface area contributed by atoms with Gasteiger partial charge < -0.3 is 9.30 Å². The molecule has 1 saturated heterocycles. The van der Waals surface area contributed by atoms with Gasteiger partial charge in [-0.05, 0) is 18.3 Å². The van der Waals surface area contributed by atoms with E-state index in [1.54, 1.807) is 0 Å². The molecule has 5 heteroatoms. The van der Waals surface area contributed by atoms with Crippen LogP contribution in [0.15, 0.2) is 0 Å². The van der Waals surface area contributed by atoms with Crippen molar-refractivity contribution in [2.75, 3.05) is 6.61 Å². The number of alkyl halides is 1. The molecule has 0 radical (unpaired) electrons. The normalized spacial score (nSPS) is 24.8. The maximum atomic E-state index is 5.91. The molecule has 0 saturated carbocycles. The largest absolute Gasteiger partial charge is 0.370 e. The predicted molar refractivity (Wildman–Crippen MR) is 66.9 cm³/mol. The summed E-state index contributed by atoms with van der Waals surface area (Å²) in [6, 6.07) is 0. The highest BCUT2D eigenvalue weighted by Gasteiger charge is 2.31. The van der Waals surface area contributed by atoms with Gasteiger partial charge in [-0.15, -0.1) is 21.8 Å². The van der Waals surface area contributed by atoms with E-state index >= 15 is 0 Å². The van der Waals surface area contributed by atoms with E-state index in [1.165, 1.54) is 0 Å². The van der Waals surface area contributed by atoms with Gasteiger partial charge in [0.25, 0.3) is 0 Å². The quantitative estimate of drug-likeness (QED) is 0.779. The molecule has 0 bridgehead atoms. The summed E-state index contributed by atoms with van der Waals surface area (Å²) >= 11 is 5.91. The highest BCUT2D eigenvalue weighted by molar-refractivity contribution is 6.16. The minimum atomic E-state index is 0.0817. The molecule has 2 heterocycles. The van der Waals surface area contributed by atoms with Crippen LogP contribution in [0.5, 0.6) is 0 Å². The molecule has 2 atom stereocenters. The third-order valence-corrected chi connectivity index (χ3v) is 3.40. The molecule has 0 spiro atoms.